The number of rotatable bonds is 3. The average Bonchev–Trinajstić information content (AvgIpc) is 2.16. The van der Waals surface area contributed by atoms with Crippen LogP contribution in [0.15, 0.2) is 0 Å². The summed E-state index contributed by atoms with van der Waals surface area (Å²) in [5.74, 6) is 0. The van der Waals surface area contributed by atoms with E-state index < -0.39 is 12.4 Å². The Kier molecular flexibility index (Phi) is 4.08. The molecule has 4 atom stereocenters. The number of hydrogen-bond donors (Lipinski definition) is 2. The molecule has 0 aromatic heterocycles. The summed E-state index contributed by atoms with van der Waals surface area (Å²) in [5.41, 5.74) is 0. The van der Waals surface area contributed by atoms with Gasteiger partial charge < -0.3 is 24.4 Å². The Morgan fingerprint density at radius 2 is 2.08 bits per heavy atom. The first-order valence-corrected chi connectivity index (χ1v) is 4.23. The van der Waals surface area contributed by atoms with Gasteiger partial charge in [-0.2, -0.15) is 0 Å². The van der Waals surface area contributed by atoms with Gasteiger partial charge in [-0.05, 0) is 0 Å². The van der Waals surface area contributed by atoms with Crippen LogP contribution in [-0.2, 0) is 14.2 Å². The molecular weight excluding hydrogens is 176 g/mol. The summed E-state index contributed by atoms with van der Waals surface area (Å²) in [6.07, 6.45) is -1.58. The van der Waals surface area contributed by atoms with Crippen molar-refractivity contribution in [3.8, 4) is 0 Å². The fourth-order valence-corrected chi connectivity index (χ4v) is 1.59. The lowest BCUT2D eigenvalue weighted by Crippen LogP contribution is -2.51. The van der Waals surface area contributed by atoms with Crippen molar-refractivity contribution in [1.82, 2.24) is 0 Å². The lowest BCUT2D eigenvalue weighted by atomic mass is 10.0. The van der Waals surface area contributed by atoms with E-state index in [9.17, 15) is 5.11 Å². The molecule has 5 heteroatoms. The smallest absolute Gasteiger partial charge is 0.157 e. The Balaban J connectivity index is 2.61. The molecule has 1 saturated heterocycles. The van der Waals surface area contributed by atoms with Crippen LogP contribution in [0.5, 0.6) is 0 Å². The van der Waals surface area contributed by atoms with Gasteiger partial charge in [0.2, 0.25) is 0 Å². The minimum Gasteiger partial charge on any atom is -0.394 e. The average molecular weight is 192 g/mol. The van der Waals surface area contributed by atoms with E-state index in [-0.39, 0.29) is 18.8 Å². The molecule has 0 bridgehead atoms. The molecule has 0 saturated carbocycles. The van der Waals surface area contributed by atoms with Crippen molar-refractivity contribution in [2.75, 3.05) is 20.8 Å². The Bertz CT molecular complexity index is 137. The van der Waals surface area contributed by atoms with Crippen molar-refractivity contribution in [3.63, 3.8) is 0 Å². The number of aliphatic hydroxyl groups is 2. The standard InChI is InChI=1S/C8H16O5/c1-11-5-3-7(10)13-6(4-9)8(5)12-2/h5-10H,3-4H2,1-2H3/t5?,6-,7?,8?/m1/s1. The minimum atomic E-state index is -0.881. The maximum atomic E-state index is 9.26. The summed E-state index contributed by atoms with van der Waals surface area (Å²) in [4.78, 5) is 0. The number of aliphatic hydroxyl groups excluding tert-OH is 2. The first-order chi connectivity index (χ1) is 6.22. The van der Waals surface area contributed by atoms with E-state index in [0.29, 0.717) is 6.42 Å². The summed E-state index contributed by atoms with van der Waals surface area (Å²) < 4.78 is 15.3. The summed E-state index contributed by atoms with van der Waals surface area (Å²) in [6.45, 7) is -0.185. The molecule has 13 heavy (non-hydrogen) atoms. The van der Waals surface area contributed by atoms with E-state index in [1.165, 1.54) is 7.11 Å². The molecule has 0 aromatic carbocycles. The van der Waals surface area contributed by atoms with Crippen LogP contribution in [-0.4, -0.2) is 55.6 Å². The molecule has 3 unspecified atom stereocenters. The van der Waals surface area contributed by atoms with Gasteiger partial charge in [0.25, 0.3) is 0 Å². The molecule has 0 aliphatic carbocycles. The van der Waals surface area contributed by atoms with Gasteiger partial charge in [-0.15, -0.1) is 0 Å². The molecule has 0 spiro atoms. The zero-order valence-electron chi connectivity index (χ0n) is 7.84. The third-order valence-electron chi connectivity index (χ3n) is 2.25. The van der Waals surface area contributed by atoms with Gasteiger partial charge in [-0.25, -0.2) is 0 Å². The molecule has 1 heterocycles. The maximum Gasteiger partial charge on any atom is 0.157 e. The van der Waals surface area contributed by atoms with E-state index in [1.807, 2.05) is 0 Å². The second-order valence-electron chi connectivity index (χ2n) is 3.02. The summed E-state index contributed by atoms with van der Waals surface area (Å²) in [7, 11) is 3.07. The highest BCUT2D eigenvalue weighted by Crippen LogP contribution is 2.22. The fourth-order valence-electron chi connectivity index (χ4n) is 1.59. The van der Waals surface area contributed by atoms with Gasteiger partial charge >= 0.3 is 0 Å². The highest BCUT2D eigenvalue weighted by Gasteiger charge is 2.38. The number of hydrogen-bond acceptors (Lipinski definition) is 5. The van der Waals surface area contributed by atoms with Crippen molar-refractivity contribution >= 4 is 0 Å². The normalized spacial score (nSPS) is 40.6. The van der Waals surface area contributed by atoms with Gasteiger partial charge in [0.15, 0.2) is 6.29 Å². The first kappa shape index (κ1) is 10.9. The minimum absolute atomic E-state index is 0.185. The predicted octanol–water partition coefficient (Wildman–Crippen LogP) is -0.884. The van der Waals surface area contributed by atoms with Crippen molar-refractivity contribution in [1.29, 1.82) is 0 Å². The molecular formula is C8H16O5. The SMILES string of the molecule is COC1CC(O)O[C@H](CO)C1OC. The molecule has 0 radical (unpaired) electrons. The largest absolute Gasteiger partial charge is 0.394 e. The Morgan fingerprint density at radius 3 is 2.54 bits per heavy atom. The van der Waals surface area contributed by atoms with Crippen LogP contribution < -0.4 is 0 Å². The van der Waals surface area contributed by atoms with E-state index in [1.54, 1.807) is 7.11 Å². The van der Waals surface area contributed by atoms with Gasteiger partial charge in [0.1, 0.15) is 12.2 Å². The van der Waals surface area contributed by atoms with Crippen LogP contribution in [0.4, 0.5) is 0 Å². The summed E-state index contributed by atoms with van der Waals surface area (Å²) >= 11 is 0. The lowest BCUT2D eigenvalue weighted by Gasteiger charge is -2.37. The van der Waals surface area contributed by atoms with Gasteiger partial charge in [-0.1, -0.05) is 0 Å². The topological polar surface area (TPSA) is 68.2 Å². The Hall–Kier alpha value is -0.200. The van der Waals surface area contributed by atoms with Crippen LogP contribution in [0.1, 0.15) is 6.42 Å². The van der Waals surface area contributed by atoms with E-state index in [4.69, 9.17) is 19.3 Å². The zero-order valence-corrected chi connectivity index (χ0v) is 7.84. The van der Waals surface area contributed by atoms with Crippen molar-refractivity contribution in [2.45, 2.75) is 31.0 Å². The molecule has 0 amide bonds. The molecule has 1 fully saturated rings. The predicted molar refractivity (Wildman–Crippen MR) is 44.2 cm³/mol. The quantitative estimate of drug-likeness (QED) is 0.607. The summed E-state index contributed by atoms with van der Waals surface area (Å²) in [6, 6.07) is 0. The van der Waals surface area contributed by atoms with Gasteiger partial charge in [0.05, 0.1) is 12.7 Å². The molecule has 5 nitrogen and oxygen atoms in total. The molecule has 1 rings (SSSR count). The third-order valence-corrected chi connectivity index (χ3v) is 2.25. The third kappa shape index (κ3) is 2.38. The van der Waals surface area contributed by atoms with Crippen LogP contribution in [0.25, 0.3) is 0 Å². The highest BCUT2D eigenvalue weighted by atomic mass is 16.6. The number of methoxy groups -OCH3 is 2. The van der Waals surface area contributed by atoms with Crippen molar-refractivity contribution < 1.29 is 24.4 Å². The van der Waals surface area contributed by atoms with Crippen molar-refractivity contribution in [3.05, 3.63) is 0 Å². The molecule has 78 valence electrons. The Morgan fingerprint density at radius 1 is 1.38 bits per heavy atom. The van der Waals surface area contributed by atoms with E-state index >= 15 is 0 Å². The molecule has 0 aromatic rings. The maximum absolute atomic E-state index is 9.26. The molecule has 1 aliphatic rings. The van der Waals surface area contributed by atoms with Gasteiger partial charge in [0, 0.05) is 20.6 Å². The second kappa shape index (κ2) is 4.88. The van der Waals surface area contributed by atoms with E-state index in [2.05, 4.69) is 0 Å². The van der Waals surface area contributed by atoms with Crippen LogP contribution in [0, 0.1) is 0 Å². The van der Waals surface area contributed by atoms with Crippen LogP contribution in [0.2, 0.25) is 0 Å². The second-order valence-corrected chi connectivity index (χ2v) is 3.02. The molecule has 1 aliphatic heterocycles. The highest BCUT2D eigenvalue weighted by molar-refractivity contribution is 4.84. The van der Waals surface area contributed by atoms with Crippen LogP contribution >= 0.6 is 0 Å². The molecule has 2 N–H and O–H groups in total. The number of ether oxygens (including phenoxy) is 3. The first-order valence-electron chi connectivity index (χ1n) is 4.23. The monoisotopic (exact) mass is 192 g/mol. The van der Waals surface area contributed by atoms with Crippen LogP contribution in [0.3, 0.4) is 0 Å². The Labute approximate surface area is 77.2 Å². The lowest BCUT2D eigenvalue weighted by molar-refractivity contribution is -0.249. The van der Waals surface area contributed by atoms with Gasteiger partial charge in [-0.3, -0.25) is 0 Å². The van der Waals surface area contributed by atoms with E-state index in [0.717, 1.165) is 0 Å². The zero-order chi connectivity index (χ0) is 9.84. The summed E-state index contributed by atoms with van der Waals surface area (Å²) in [5, 5.41) is 18.2. The van der Waals surface area contributed by atoms with Crippen molar-refractivity contribution in [2.24, 2.45) is 0 Å². The fraction of sp³-hybridized carbons (Fsp3) is 1.00.